The van der Waals surface area contributed by atoms with Gasteiger partial charge in [-0.25, -0.2) is 0 Å². The third kappa shape index (κ3) is 7.61. The monoisotopic (exact) mass is 946 g/mol. The number of anilines is 4. The predicted molar refractivity (Wildman–Crippen MR) is 306 cm³/mol. The zero-order chi connectivity index (χ0) is 46.8. The summed E-state index contributed by atoms with van der Waals surface area (Å²) in [7, 11) is 0. The van der Waals surface area contributed by atoms with E-state index in [1.807, 2.05) is 22.7 Å². The van der Waals surface area contributed by atoms with Gasteiger partial charge in [0.15, 0.2) is 0 Å². The summed E-state index contributed by atoms with van der Waals surface area (Å²) in [6, 6.07) is 68.5. The number of allylic oxidation sites excluding steroid dienone is 6. The molecule has 4 heteroatoms. The first-order valence-corrected chi connectivity index (χ1v) is 26.7. The Morgan fingerprint density at radius 1 is 0.479 bits per heavy atom. The van der Waals surface area contributed by atoms with Crippen LogP contribution in [0.15, 0.2) is 231 Å². The molecule has 0 saturated carbocycles. The highest BCUT2D eigenvalue weighted by Crippen LogP contribution is 2.47. The van der Waals surface area contributed by atoms with E-state index < -0.39 is 0 Å². The van der Waals surface area contributed by atoms with Gasteiger partial charge in [0.2, 0.25) is 0 Å². The van der Waals surface area contributed by atoms with Crippen LogP contribution < -0.4 is 9.80 Å². The first-order chi connectivity index (χ1) is 35.1. The number of hydrogen-bond donors (Lipinski definition) is 0. The number of rotatable bonds is 6. The fourth-order valence-corrected chi connectivity index (χ4v) is 13.9. The van der Waals surface area contributed by atoms with Crippen molar-refractivity contribution in [1.82, 2.24) is 0 Å². The quantitative estimate of drug-likeness (QED) is 0.164. The molecule has 4 aliphatic rings. The minimum Gasteiger partial charge on any atom is -0.361 e. The Kier molecular flexibility index (Phi) is 10.4. The first kappa shape index (κ1) is 42.1. The van der Waals surface area contributed by atoms with Crippen molar-refractivity contribution in [3.63, 3.8) is 0 Å². The molecule has 2 aromatic heterocycles. The Morgan fingerprint density at radius 2 is 1.14 bits per heavy atom. The number of hydrogen-bond acceptors (Lipinski definition) is 4. The highest BCUT2D eigenvalue weighted by molar-refractivity contribution is 7.25. The Morgan fingerprint density at radius 3 is 1.97 bits per heavy atom. The summed E-state index contributed by atoms with van der Waals surface area (Å²) in [4.78, 5) is 6.36. The van der Waals surface area contributed by atoms with Crippen LogP contribution in [0.4, 0.5) is 22.7 Å². The van der Waals surface area contributed by atoms with E-state index in [0.717, 1.165) is 25.8 Å². The van der Waals surface area contributed by atoms with Gasteiger partial charge in [-0.3, -0.25) is 0 Å². The lowest BCUT2D eigenvalue weighted by atomic mass is 9.85. The van der Waals surface area contributed by atoms with Gasteiger partial charge in [0.1, 0.15) is 0 Å². The van der Waals surface area contributed by atoms with E-state index in [9.17, 15) is 0 Å². The van der Waals surface area contributed by atoms with Crippen LogP contribution >= 0.6 is 22.7 Å². The van der Waals surface area contributed by atoms with E-state index in [4.69, 9.17) is 0 Å². The van der Waals surface area contributed by atoms with Crippen molar-refractivity contribution in [2.45, 2.75) is 31.2 Å². The summed E-state index contributed by atoms with van der Waals surface area (Å²) in [6.45, 7) is 0.884. The van der Waals surface area contributed by atoms with Gasteiger partial charge in [0.25, 0.3) is 0 Å². The van der Waals surface area contributed by atoms with Gasteiger partial charge in [0.05, 0.1) is 6.04 Å². The van der Waals surface area contributed by atoms with Crippen LogP contribution in [-0.4, -0.2) is 12.6 Å². The molecule has 0 amide bonds. The number of benzene rings is 8. The van der Waals surface area contributed by atoms with E-state index in [0.29, 0.717) is 17.9 Å². The minimum atomic E-state index is 0.291. The van der Waals surface area contributed by atoms with Gasteiger partial charge >= 0.3 is 0 Å². The molecular weight excluding hydrogens is 897 g/mol. The Bertz CT molecular complexity index is 3860. The molecule has 2 nitrogen and oxygen atoms in total. The summed E-state index contributed by atoms with van der Waals surface area (Å²) in [5.74, 6) is 0.670. The number of para-hydroxylation sites is 3. The third-order valence-electron chi connectivity index (χ3n) is 15.3. The topological polar surface area (TPSA) is 6.48 Å². The molecule has 2 aliphatic heterocycles. The number of thiophene rings is 2. The number of nitrogens with zero attached hydrogens (tertiary/aromatic N) is 2. The van der Waals surface area contributed by atoms with Gasteiger partial charge in [-0.1, -0.05) is 152 Å². The summed E-state index contributed by atoms with van der Waals surface area (Å²) in [6.07, 6.45) is 24.1. The van der Waals surface area contributed by atoms with Crippen molar-refractivity contribution in [2.75, 3.05) is 16.3 Å². The average Bonchev–Trinajstić information content (AvgIpc) is 4.02. The Hall–Kier alpha value is -7.76. The third-order valence-corrected chi connectivity index (χ3v) is 17.6. The van der Waals surface area contributed by atoms with Crippen LogP contribution in [-0.2, 0) is 12.8 Å². The Labute approximate surface area is 423 Å². The first-order valence-electron chi connectivity index (χ1n) is 25.1. The molecule has 3 atom stereocenters. The maximum Gasteiger partial charge on any atom is 0.0545 e. The van der Waals surface area contributed by atoms with Crippen molar-refractivity contribution in [2.24, 2.45) is 5.92 Å². The molecule has 0 fully saturated rings. The van der Waals surface area contributed by atoms with Gasteiger partial charge in [-0.2, -0.15) is 0 Å². The second-order valence-corrected chi connectivity index (χ2v) is 21.7. The van der Waals surface area contributed by atoms with Gasteiger partial charge in [-0.15, -0.1) is 22.7 Å². The van der Waals surface area contributed by atoms with Crippen molar-refractivity contribution in [3.8, 4) is 22.3 Å². The highest BCUT2D eigenvalue weighted by atomic mass is 32.1. The molecule has 8 aromatic carbocycles. The molecule has 2 aliphatic carbocycles. The van der Waals surface area contributed by atoms with Gasteiger partial charge in [0, 0.05) is 77.3 Å². The van der Waals surface area contributed by atoms with Gasteiger partial charge < -0.3 is 9.80 Å². The van der Waals surface area contributed by atoms with E-state index >= 15 is 0 Å². The lowest BCUT2D eigenvalue weighted by Crippen LogP contribution is -2.40. The molecule has 14 rings (SSSR count). The average molecular weight is 947 g/mol. The van der Waals surface area contributed by atoms with E-state index in [1.54, 1.807) is 0 Å². The van der Waals surface area contributed by atoms with E-state index in [-0.39, 0.29) is 0 Å². The lowest BCUT2D eigenvalue weighted by molar-refractivity contribution is 0.545. The predicted octanol–water partition coefficient (Wildman–Crippen LogP) is 18.3. The molecule has 0 N–H and O–H groups in total. The van der Waals surface area contributed by atoms with Crippen LogP contribution in [0.25, 0.3) is 64.2 Å². The Balaban J connectivity index is 0.743. The zero-order valence-corrected chi connectivity index (χ0v) is 40.9. The van der Waals surface area contributed by atoms with Crippen molar-refractivity contribution in [1.29, 1.82) is 0 Å². The van der Waals surface area contributed by atoms with E-state index in [2.05, 4.69) is 246 Å². The smallest absolute Gasteiger partial charge is 0.0545 e. The largest absolute Gasteiger partial charge is 0.361 e. The molecule has 4 heterocycles. The second-order valence-electron chi connectivity index (χ2n) is 19.5. The summed E-state index contributed by atoms with van der Waals surface area (Å²) in [5.41, 5.74) is 18.2. The highest BCUT2D eigenvalue weighted by Gasteiger charge is 2.28. The summed E-state index contributed by atoms with van der Waals surface area (Å²) in [5, 5.41) is 4.06. The summed E-state index contributed by atoms with van der Waals surface area (Å²) >= 11 is 3.82. The van der Waals surface area contributed by atoms with Crippen LogP contribution in [0.3, 0.4) is 0 Å². The number of fused-ring (bicyclic) bond motifs is 9. The van der Waals surface area contributed by atoms with Crippen LogP contribution in [0, 0.1) is 5.92 Å². The fraction of sp³-hybridized carbons (Fsp3) is 0.104. The van der Waals surface area contributed by atoms with Crippen molar-refractivity contribution in [3.05, 3.63) is 263 Å². The van der Waals surface area contributed by atoms with Crippen LogP contribution in [0.1, 0.15) is 45.0 Å². The normalized spacial score (nSPS) is 19.0. The van der Waals surface area contributed by atoms with E-state index in [1.165, 1.54) is 114 Å². The molecule has 0 bridgehead atoms. The van der Waals surface area contributed by atoms with Crippen molar-refractivity contribution < 1.29 is 0 Å². The second kappa shape index (κ2) is 17.6. The molecule has 3 unspecified atom stereocenters. The minimum absolute atomic E-state index is 0.291. The van der Waals surface area contributed by atoms with Crippen LogP contribution in [0.5, 0.6) is 0 Å². The molecule has 0 spiro atoms. The van der Waals surface area contributed by atoms with Crippen molar-refractivity contribution >= 4 is 87.3 Å². The maximum absolute atomic E-state index is 2.54. The molecule has 10 aromatic rings. The molecule has 0 saturated heterocycles. The van der Waals surface area contributed by atoms with Gasteiger partial charge in [-0.05, 0) is 159 Å². The standard InChI is InChI=1S/C67H50N2S2/c1-2-12-35-68(55-18-6-3-7-19-55)61-29-23-46(37-52(61)14-5-1)50-27-33-66-59(42-50)57-40-48(25-31-64(57)70-66)44-16-13-17-45(36-44)49-26-32-65-58(41-49)60-43-51(28-34-67(60)71-65)47-24-30-63-54(38-47)39-53-15-10-11-22-62(53)69(63)56-20-8-4-9-21-56/h1-13,15-34,36-38,40,42-43,49,52,61H,14,35,39,41H2/b5-1-,12-2-. The summed E-state index contributed by atoms with van der Waals surface area (Å²) < 4.78 is 4.03. The molecule has 71 heavy (non-hydrogen) atoms. The maximum atomic E-state index is 2.54. The zero-order valence-electron chi connectivity index (χ0n) is 39.3. The molecule has 0 radical (unpaired) electrons. The fourth-order valence-electron chi connectivity index (χ4n) is 11.7. The van der Waals surface area contributed by atoms with Crippen LogP contribution in [0.2, 0.25) is 0 Å². The lowest BCUT2D eigenvalue weighted by Gasteiger charge is -2.37. The SMILES string of the molecule is C1=CC2C(C=C1c1ccc3sc4ccc(-c5cccc(C6C=Cc7sc8ccc(-c9ccc%10c(c9)Cc9ccccc9N%10c9ccccc9)cc8c7C6)c5)cc4c3c1)C/C=C\C=C/CN2c1ccccc1. The molecule has 340 valence electrons. The molecular formula is C67H50N2S2.